The van der Waals surface area contributed by atoms with Crippen molar-refractivity contribution in [1.29, 1.82) is 0 Å². The number of aryl methyl sites for hydroxylation is 1. The van der Waals surface area contributed by atoms with E-state index in [1.54, 1.807) is 18.5 Å². The van der Waals surface area contributed by atoms with Crippen LogP contribution in [0.2, 0.25) is 5.02 Å². The minimum Gasteiger partial charge on any atom is -0.349 e. The Morgan fingerprint density at radius 1 is 1.22 bits per heavy atom. The van der Waals surface area contributed by atoms with E-state index >= 15 is 0 Å². The van der Waals surface area contributed by atoms with Gasteiger partial charge >= 0.3 is 0 Å². The average Bonchev–Trinajstić information content (AvgIpc) is 3.04. The summed E-state index contributed by atoms with van der Waals surface area (Å²) in [6, 6.07) is 5.84. The lowest BCUT2D eigenvalue weighted by Crippen LogP contribution is -2.32. The molecule has 5 nitrogen and oxygen atoms in total. The molecule has 1 aromatic carbocycles. The summed E-state index contributed by atoms with van der Waals surface area (Å²) in [4.78, 5) is 20.6. The van der Waals surface area contributed by atoms with Crippen molar-refractivity contribution < 1.29 is 4.79 Å². The normalized spacial score (nSPS) is 14.7. The van der Waals surface area contributed by atoms with Crippen molar-refractivity contribution in [3.63, 3.8) is 0 Å². The Kier molecular flexibility index (Phi) is 4.76. The predicted octanol–water partition coefficient (Wildman–Crippen LogP) is 3.85. The summed E-state index contributed by atoms with van der Waals surface area (Å²) in [6.07, 6.45) is 7.58. The third kappa shape index (κ3) is 3.99. The summed E-state index contributed by atoms with van der Waals surface area (Å²) in [5.41, 5.74) is 2.37. The highest BCUT2D eigenvalue weighted by Gasteiger charge is 2.18. The van der Waals surface area contributed by atoms with E-state index in [0.717, 1.165) is 24.1 Å². The maximum atomic E-state index is 12.1. The fraction of sp³-hybridized carbons (Fsp3) is 0.353. The third-order valence-corrected chi connectivity index (χ3v) is 4.27. The number of halogens is 1. The Labute approximate surface area is 140 Å². The zero-order chi connectivity index (χ0) is 16.2. The molecule has 1 heterocycles. The Morgan fingerprint density at radius 2 is 1.91 bits per heavy atom. The lowest BCUT2D eigenvalue weighted by atomic mass is 10.2. The molecule has 0 saturated heterocycles. The van der Waals surface area contributed by atoms with Gasteiger partial charge in [0.2, 0.25) is 5.95 Å². The molecule has 6 heteroatoms. The second-order valence-electron chi connectivity index (χ2n) is 5.83. The highest BCUT2D eigenvalue weighted by molar-refractivity contribution is 6.30. The van der Waals surface area contributed by atoms with Gasteiger partial charge in [-0.15, -0.1) is 0 Å². The second-order valence-corrected chi connectivity index (χ2v) is 6.27. The van der Waals surface area contributed by atoms with Gasteiger partial charge < -0.3 is 10.6 Å². The number of rotatable bonds is 4. The highest BCUT2D eigenvalue weighted by Crippen LogP contribution is 2.22. The van der Waals surface area contributed by atoms with E-state index in [9.17, 15) is 4.79 Å². The fourth-order valence-corrected chi connectivity index (χ4v) is 2.96. The van der Waals surface area contributed by atoms with Gasteiger partial charge in [0.15, 0.2) is 0 Å². The number of benzene rings is 1. The van der Waals surface area contributed by atoms with Crippen LogP contribution in [0.3, 0.4) is 0 Å². The minimum absolute atomic E-state index is 0.105. The number of anilines is 2. The number of hydrogen-bond donors (Lipinski definition) is 2. The number of aromatic nitrogens is 2. The number of carbonyl (C=O) groups is 1. The quantitative estimate of drug-likeness (QED) is 0.893. The first-order chi connectivity index (χ1) is 11.1. The Balaban J connectivity index is 1.65. The molecular formula is C17H19ClN4O. The molecule has 1 aliphatic rings. The lowest BCUT2D eigenvalue weighted by Gasteiger charge is -2.12. The molecule has 1 saturated carbocycles. The van der Waals surface area contributed by atoms with Crippen LogP contribution in [0.4, 0.5) is 11.6 Å². The maximum Gasteiger partial charge on any atom is 0.254 e. The molecule has 1 aromatic heterocycles. The van der Waals surface area contributed by atoms with Crippen LogP contribution in [0.15, 0.2) is 30.6 Å². The summed E-state index contributed by atoms with van der Waals surface area (Å²) >= 11 is 5.94. The standard InChI is InChI=1S/C17H19ClN4O/c1-11-8-13(18)6-7-15(11)22-17-19-9-12(10-20-17)16(23)21-14-4-2-3-5-14/h6-10,14H,2-5H2,1H3,(H,21,23)(H,19,20,22). The Hall–Kier alpha value is -2.14. The molecular weight excluding hydrogens is 312 g/mol. The molecule has 2 N–H and O–H groups in total. The molecule has 2 aromatic rings. The number of hydrogen-bond acceptors (Lipinski definition) is 4. The second kappa shape index (κ2) is 6.96. The molecule has 120 valence electrons. The zero-order valence-corrected chi connectivity index (χ0v) is 13.7. The molecule has 1 fully saturated rings. The van der Waals surface area contributed by atoms with Crippen LogP contribution in [0.25, 0.3) is 0 Å². The summed E-state index contributed by atoms with van der Waals surface area (Å²) in [5, 5.41) is 6.84. The van der Waals surface area contributed by atoms with Gasteiger partial charge in [-0.1, -0.05) is 24.4 Å². The van der Waals surface area contributed by atoms with Gasteiger partial charge in [-0.3, -0.25) is 4.79 Å². The molecule has 23 heavy (non-hydrogen) atoms. The first kappa shape index (κ1) is 15.7. The van der Waals surface area contributed by atoms with Crippen molar-refractivity contribution >= 4 is 29.1 Å². The van der Waals surface area contributed by atoms with Crippen molar-refractivity contribution in [1.82, 2.24) is 15.3 Å². The molecule has 1 aliphatic carbocycles. The van der Waals surface area contributed by atoms with Crippen LogP contribution in [0, 0.1) is 6.92 Å². The summed E-state index contributed by atoms with van der Waals surface area (Å²) in [5.74, 6) is 0.346. The van der Waals surface area contributed by atoms with E-state index in [4.69, 9.17) is 11.6 Å². The van der Waals surface area contributed by atoms with Gasteiger partial charge in [-0.2, -0.15) is 0 Å². The van der Waals surface area contributed by atoms with E-state index < -0.39 is 0 Å². The molecule has 0 bridgehead atoms. The molecule has 0 unspecified atom stereocenters. The van der Waals surface area contributed by atoms with E-state index in [1.807, 2.05) is 19.1 Å². The molecule has 1 amide bonds. The first-order valence-electron chi connectivity index (χ1n) is 7.78. The molecule has 0 radical (unpaired) electrons. The van der Waals surface area contributed by atoms with Crippen molar-refractivity contribution in [3.05, 3.63) is 46.7 Å². The summed E-state index contributed by atoms with van der Waals surface area (Å²) < 4.78 is 0. The minimum atomic E-state index is -0.105. The van der Waals surface area contributed by atoms with Crippen LogP contribution >= 0.6 is 11.6 Å². The van der Waals surface area contributed by atoms with E-state index in [2.05, 4.69) is 20.6 Å². The first-order valence-corrected chi connectivity index (χ1v) is 8.16. The van der Waals surface area contributed by atoms with Crippen molar-refractivity contribution in [2.75, 3.05) is 5.32 Å². The number of amides is 1. The molecule has 0 aliphatic heterocycles. The van der Waals surface area contributed by atoms with Crippen LogP contribution < -0.4 is 10.6 Å². The summed E-state index contributed by atoms with van der Waals surface area (Å²) in [6.45, 7) is 1.96. The van der Waals surface area contributed by atoms with Crippen LogP contribution in [0.1, 0.15) is 41.6 Å². The average molecular weight is 331 g/mol. The molecule has 0 spiro atoms. The SMILES string of the molecule is Cc1cc(Cl)ccc1Nc1ncc(C(=O)NC2CCCC2)cn1. The predicted molar refractivity (Wildman–Crippen MR) is 91.2 cm³/mol. The topological polar surface area (TPSA) is 66.9 Å². The van der Waals surface area contributed by atoms with Crippen molar-refractivity contribution in [2.45, 2.75) is 38.6 Å². The smallest absolute Gasteiger partial charge is 0.254 e. The van der Waals surface area contributed by atoms with Gasteiger partial charge in [0.25, 0.3) is 5.91 Å². The van der Waals surface area contributed by atoms with Crippen molar-refractivity contribution in [2.24, 2.45) is 0 Å². The number of carbonyl (C=O) groups excluding carboxylic acids is 1. The lowest BCUT2D eigenvalue weighted by molar-refractivity contribution is 0.0937. The van der Waals surface area contributed by atoms with Gasteiger partial charge in [0, 0.05) is 29.1 Å². The van der Waals surface area contributed by atoms with E-state index in [0.29, 0.717) is 16.5 Å². The maximum absolute atomic E-state index is 12.1. The zero-order valence-electron chi connectivity index (χ0n) is 13.0. The molecule has 3 rings (SSSR count). The Morgan fingerprint density at radius 3 is 2.57 bits per heavy atom. The van der Waals surface area contributed by atoms with Gasteiger partial charge in [-0.25, -0.2) is 9.97 Å². The van der Waals surface area contributed by atoms with Gasteiger partial charge in [0.1, 0.15) is 0 Å². The van der Waals surface area contributed by atoms with E-state index in [-0.39, 0.29) is 11.9 Å². The van der Waals surface area contributed by atoms with Gasteiger partial charge in [0.05, 0.1) is 5.56 Å². The molecule has 0 atom stereocenters. The van der Waals surface area contributed by atoms with Crippen LogP contribution in [0.5, 0.6) is 0 Å². The highest BCUT2D eigenvalue weighted by atomic mass is 35.5. The van der Waals surface area contributed by atoms with Crippen LogP contribution in [-0.2, 0) is 0 Å². The summed E-state index contributed by atoms with van der Waals surface area (Å²) in [7, 11) is 0. The van der Waals surface area contributed by atoms with Crippen molar-refractivity contribution in [3.8, 4) is 0 Å². The largest absolute Gasteiger partial charge is 0.349 e. The number of nitrogens with zero attached hydrogens (tertiary/aromatic N) is 2. The van der Waals surface area contributed by atoms with E-state index in [1.165, 1.54) is 12.8 Å². The fourth-order valence-electron chi connectivity index (χ4n) is 2.74. The third-order valence-electron chi connectivity index (χ3n) is 4.04. The Bertz CT molecular complexity index is 696. The monoisotopic (exact) mass is 330 g/mol. The van der Waals surface area contributed by atoms with Crippen LogP contribution in [-0.4, -0.2) is 21.9 Å². The number of nitrogens with one attached hydrogen (secondary N) is 2. The van der Waals surface area contributed by atoms with Gasteiger partial charge in [-0.05, 0) is 43.5 Å².